The lowest BCUT2D eigenvalue weighted by Crippen LogP contribution is -2.10. The van der Waals surface area contributed by atoms with E-state index in [0.717, 1.165) is 16.3 Å². The second-order valence-corrected chi connectivity index (χ2v) is 6.29. The van der Waals surface area contributed by atoms with Crippen molar-refractivity contribution in [2.75, 3.05) is 0 Å². The summed E-state index contributed by atoms with van der Waals surface area (Å²) in [6.07, 6.45) is 0.144. The molecule has 0 radical (unpaired) electrons. The van der Waals surface area contributed by atoms with Gasteiger partial charge in [-0.15, -0.1) is 0 Å². The molecule has 5 nitrogen and oxygen atoms in total. The zero-order valence-electron chi connectivity index (χ0n) is 14.3. The summed E-state index contributed by atoms with van der Waals surface area (Å²) in [4.78, 5) is 23.9. The number of hydrogen-bond acceptors (Lipinski definition) is 5. The summed E-state index contributed by atoms with van der Waals surface area (Å²) in [6, 6.07) is 19.5. The van der Waals surface area contributed by atoms with Crippen LogP contribution in [0.25, 0.3) is 21.7 Å². The number of carbonyl (C=O) groups is 1. The van der Waals surface area contributed by atoms with E-state index < -0.39 is 5.63 Å². The maximum absolute atomic E-state index is 12.2. The molecule has 5 heteroatoms. The molecule has 0 aliphatic heterocycles. The maximum Gasteiger partial charge on any atom is 0.336 e. The van der Waals surface area contributed by atoms with E-state index in [2.05, 4.69) is 0 Å². The van der Waals surface area contributed by atoms with E-state index >= 15 is 0 Å². The van der Waals surface area contributed by atoms with Crippen LogP contribution in [0.3, 0.4) is 0 Å². The van der Waals surface area contributed by atoms with Gasteiger partial charge in [-0.1, -0.05) is 42.5 Å². The summed E-state index contributed by atoms with van der Waals surface area (Å²) in [5.41, 5.74) is 1.09. The summed E-state index contributed by atoms with van der Waals surface area (Å²) in [6.45, 7) is -0.0424. The molecule has 1 aromatic heterocycles. The molecule has 0 saturated carbocycles. The van der Waals surface area contributed by atoms with Crippen LogP contribution in [0.2, 0.25) is 0 Å². The van der Waals surface area contributed by atoms with Crippen molar-refractivity contribution in [1.82, 2.24) is 0 Å². The first-order valence-corrected chi connectivity index (χ1v) is 8.47. The molecule has 1 heterocycles. The maximum atomic E-state index is 12.2. The lowest BCUT2D eigenvalue weighted by Gasteiger charge is -2.08. The standard InChI is InChI=1S/C22H16O5/c23-18-7-8-19-17(11-22(25)27-20(19)12-18)13-26-21(24)10-14-5-6-15-3-1-2-4-16(15)9-14/h1-9,11-12,23H,10,13H2. The van der Waals surface area contributed by atoms with E-state index in [9.17, 15) is 14.7 Å². The van der Waals surface area contributed by atoms with Crippen molar-refractivity contribution in [1.29, 1.82) is 0 Å². The molecule has 3 aromatic carbocycles. The quantitative estimate of drug-likeness (QED) is 0.441. The molecule has 4 aromatic rings. The Kier molecular flexibility index (Phi) is 4.34. The summed E-state index contributed by atoms with van der Waals surface area (Å²) in [7, 11) is 0. The monoisotopic (exact) mass is 360 g/mol. The average molecular weight is 360 g/mol. The van der Waals surface area contributed by atoms with Gasteiger partial charge in [-0.25, -0.2) is 4.79 Å². The highest BCUT2D eigenvalue weighted by Gasteiger charge is 2.10. The normalized spacial score (nSPS) is 11.0. The van der Waals surface area contributed by atoms with Gasteiger partial charge in [0.25, 0.3) is 0 Å². The summed E-state index contributed by atoms with van der Waals surface area (Å²) >= 11 is 0. The van der Waals surface area contributed by atoms with Crippen molar-refractivity contribution in [3.05, 3.63) is 88.3 Å². The summed E-state index contributed by atoms with van der Waals surface area (Å²) in [5.74, 6) is -0.387. The van der Waals surface area contributed by atoms with Crippen molar-refractivity contribution in [3.8, 4) is 5.75 Å². The van der Waals surface area contributed by atoms with Crippen LogP contribution in [0.5, 0.6) is 5.75 Å². The Balaban J connectivity index is 1.50. The number of esters is 1. The molecule has 0 aliphatic rings. The van der Waals surface area contributed by atoms with Gasteiger partial charge in [-0.2, -0.15) is 0 Å². The number of benzene rings is 3. The highest BCUT2D eigenvalue weighted by molar-refractivity contribution is 5.85. The van der Waals surface area contributed by atoms with E-state index in [1.807, 2.05) is 42.5 Å². The van der Waals surface area contributed by atoms with Crippen molar-refractivity contribution in [2.24, 2.45) is 0 Å². The van der Waals surface area contributed by atoms with Gasteiger partial charge < -0.3 is 14.3 Å². The molecule has 0 spiro atoms. The first-order chi connectivity index (χ1) is 13.1. The van der Waals surface area contributed by atoms with Crippen molar-refractivity contribution < 1.29 is 19.1 Å². The van der Waals surface area contributed by atoms with E-state index in [-0.39, 0.29) is 30.3 Å². The molecule has 0 amide bonds. The molecule has 0 unspecified atom stereocenters. The summed E-state index contributed by atoms with van der Waals surface area (Å²) < 4.78 is 10.4. The van der Waals surface area contributed by atoms with Crippen LogP contribution in [0.4, 0.5) is 0 Å². The minimum absolute atomic E-state index is 0.00361. The predicted molar refractivity (Wildman–Crippen MR) is 102 cm³/mol. The first-order valence-electron chi connectivity index (χ1n) is 8.47. The third-order valence-electron chi connectivity index (χ3n) is 4.36. The van der Waals surface area contributed by atoms with Crippen LogP contribution in [0.15, 0.2) is 75.9 Å². The predicted octanol–water partition coefficient (Wildman–Crippen LogP) is 3.94. The molecule has 134 valence electrons. The third kappa shape index (κ3) is 3.67. The fourth-order valence-corrected chi connectivity index (χ4v) is 3.06. The minimum Gasteiger partial charge on any atom is -0.508 e. The molecule has 0 bridgehead atoms. The Morgan fingerprint density at radius 2 is 1.78 bits per heavy atom. The molecule has 27 heavy (non-hydrogen) atoms. The number of phenolic OH excluding ortho intramolecular Hbond substituents is 1. The zero-order chi connectivity index (χ0) is 18.8. The molecule has 0 atom stereocenters. The number of fused-ring (bicyclic) bond motifs is 2. The van der Waals surface area contributed by atoms with Gasteiger partial charge in [0.05, 0.1) is 6.42 Å². The van der Waals surface area contributed by atoms with E-state index in [0.29, 0.717) is 10.9 Å². The second kappa shape index (κ2) is 6.96. The second-order valence-electron chi connectivity index (χ2n) is 6.29. The highest BCUT2D eigenvalue weighted by Crippen LogP contribution is 2.22. The van der Waals surface area contributed by atoms with Crippen molar-refractivity contribution >= 4 is 27.7 Å². The first kappa shape index (κ1) is 16.8. The van der Waals surface area contributed by atoms with E-state index in [1.54, 1.807) is 6.07 Å². The van der Waals surface area contributed by atoms with E-state index in [1.165, 1.54) is 18.2 Å². The third-order valence-corrected chi connectivity index (χ3v) is 4.36. The van der Waals surface area contributed by atoms with Crippen LogP contribution in [0, 0.1) is 0 Å². The van der Waals surface area contributed by atoms with Gasteiger partial charge in [-0.3, -0.25) is 4.79 Å². The lowest BCUT2D eigenvalue weighted by atomic mass is 10.1. The fourth-order valence-electron chi connectivity index (χ4n) is 3.06. The number of ether oxygens (including phenoxy) is 1. The SMILES string of the molecule is O=C(Cc1ccc2ccccc2c1)OCc1cc(=O)oc2cc(O)ccc12. The number of aromatic hydroxyl groups is 1. The molecule has 0 saturated heterocycles. The Labute approximate surface area is 154 Å². The van der Waals surface area contributed by atoms with Gasteiger partial charge in [0.15, 0.2) is 0 Å². The Hall–Kier alpha value is -3.60. The van der Waals surface area contributed by atoms with Crippen LogP contribution in [-0.4, -0.2) is 11.1 Å². The Bertz CT molecular complexity index is 1210. The fraction of sp³-hybridized carbons (Fsp3) is 0.0909. The van der Waals surface area contributed by atoms with Gasteiger partial charge in [0.1, 0.15) is 17.9 Å². The van der Waals surface area contributed by atoms with Crippen molar-refractivity contribution in [2.45, 2.75) is 13.0 Å². The van der Waals surface area contributed by atoms with Gasteiger partial charge in [0.2, 0.25) is 0 Å². The smallest absolute Gasteiger partial charge is 0.336 e. The van der Waals surface area contributed by atoms with Crippen molar-refractivity contribution in [3.63, 3.8) is 0 Å². The average Bonchev–Trinajstić information content (AvgIpc) is 2.65. The number of carbonyl (C=O) groups excluding carboxylic acids is 1. The van der Waals surface area contributed by atoms with Crippen LogP contribution in [-0.2, 0) is 22.6 Å². The zero-order valence-corrected chi connectivity index (χ0v) is 14.3. The largest absolute Gasteiger partial charge is 0.508 e. The number of phenols is 1. The van der Waals surface area contributed by atoms with Crippen LogP contribution in [0.1, 0.15) is 11.1 Å². The summed E-state index contributed by atoms with van der Waals surface area (Å²) in [5, 5.41) is 12.3. The Morgan fingerprint density at radius 1 is 0.963 bits per heavy atom. The lowest BCUT2D eigenvalue weighted by molar-refractivity contribution is -0.144. The minimum atomic E-state index is -0.561. The van der Waals surface area contributed by atoms with Crippen LogP contribution >= 0.6 is 0 Å². The highest BCUT2D eigenvalue weighted by atomic mass is 16.5. The Morgan fingerprint density at radius 3 is 2.63 bits per heavy atom. The molecular weight excluding hydrogens is 344 g/mol. The van der Waals surface area contributed by atoms with E-state index in [4.69, 9.17) is 9.15 Å². The van der Waals surface area contributed by atoms with Gasteiger partial charge >= 0.3 is 11.6 Å². The number of rotatable bonds is 4. The van der Waals surface area contributed by atoms with Crippen LogP contribution < -0.4 is 5.63 Å². The molecule has 4 rings (SSSR count). The molecule has 0 aliphatic carbocycles. The van der Waals surface area contributed by atoms with Gasteiger partial charge in [0, 0.05) is 23.1 Å². The van der Waals surface area contributed by atoms with Gasteiger partial charge in [-0.05, 0) is 28.5 Å². The topological polar surface area (TPSA) is 76.7 Å². The number of hydrogen-bond donors (Lipinski definition) is 1. The molecule has 0 fully saturated rings. The molecule has 1 N–H and O–H groups in total. The molecular formula is C22H16O5.